The van der Waals surface area contributed by atoms with Crippen LogP contribution in [0.4, 0.5) is 16.5 Å². The van der Waals surface area contributed by atoms with E-state index in [-0.39, 0.29) is 11.2 Å². The minimum atomic E-state index is -0.271. The van der Waals surface area contributed by atoms with Crippen molar-refractivity contribution in [2.45, 2.75) is 16.5 Å². The number of hydrogen-bond donors (Lipinski definition) is 1. The van der Waals surface area contributed by atoms with Gasteiger partial charge in [0.1, 0.15) is 0 Å². The van der Waals surface area contributed by atoms with Gasteiger partial charge in [-0.2, -0.15) is 0 Å². The fourth-order valence-corrected chi connectivity index (χ4v) is 4.45. The number of benzene rings is 2. The van der Waals surface area contributed by atoms with Crippen molar-refractivity contribution in [3.05, 3.63) is 59.6 Å². The standard InChI is InChI=1S/C18H17ClN4OS2/c1-12(16(24)23(2)15-9-4-3-5-10-15)25-18-22-21-17(26-18)20-14-8-6-7-13(19)11-14/h3-12H,1-2H3,(H,20,21)/t12-/m1/s1. The van der Waals surface area contributed by atoms with Crippen molar-refractivity contribution < 1.29 is 4.79 Å². The number of carbonyl (C=O) groups is 1. The normalized spacial score (nSPS) is 11.8. The summed E-state index contributed by atoms with van der Waals surface area (Å²) in [5.74, 6) is 0.0146. The number of para-hydroxylation sites is 1. The van der Waals surface area contributed by atoms with E-state index in [1.807, 2.05) is 61.5 Å². The highest BCUT2D eigenvalue weighted by Crippen LogP contribution is 2.31. The Balaban J connectivity index is 1.62. The van der Waals surface area contributed by atoms with Gasteiger partial charge in [-0.25, -0.2) is 0 Å². The molecule has 0 radical (unpaired) electrons. The molecule has 0 aliphatic carbocycles. The first-order valence-electron chi connectivity index (χ1n) is 7.88. The van der Waals surface area contributed by atoms with Gasteiger partial charge < -0.3 is 10.2 Å². The van der Waals surface area contributed by atoms with Crippen LogP contribution in [0.25, 0.3) is 0 Å². The van der Waals surface area contributed by atoms with E-state index in [1.165, 1.54) is 23.1 Å². The van der Waals surface area contributed by atoms with E-state index < -0.39 is 0 Å². The monoisotopic (exact) mass is 404 g/mol. The van der Waals surface area contributed by atoms with Gasteiger partial charge in [0.2, 0.25) is 11.0 Å². The third-order valence-electron chi connectivity index (χ3n) is 3.58. The number of halogens is 1. The van der Waals surface area contributed by atoms with E-state index in [9.17, 15) is 4.79 Å². The van der Waals surface area contributed by atoms with E-state index in [1.54, 1.807) is 11.9 Å². The third-order valence-corrected chi connectivity index (χ3v) is 5.83. The lowest BCUT2D eigenvalue weighted by Crippen LogP contribution is -2.33. The minimum absolute atomic E-state index is 0.0146. The molecule has 3 aromatic rings. The van der Waals surface area contributed by atoms with E-state index in [0.717, 1.165) is 15.7 Å². The first-order chi connectivity index (χ1) is 12.5. The van der Waals surface area contributed by atoms with E-state index in [4.69, 9.17) is 11.6 Å². The van der Waals surface area contributed by atoms with Crippen LogP contribution in [0.1, 0.15) is 6.92 Å². The Bertz CT molecular complexity index is 888. The van der Waals surface area contributed by atoms with Crippen molar-refractivity contribution in [3.63, 3.8) is 0 Å². The quantitative estimate of drug-likeness (QED) is 0.580. The van der Waals surface area contributed by atoms with Crippen LogP contribution in [0.3, 0.4) is 0 Å². The number of aromatic nitrogens is 2. The lowest BCUT2D eigenvalue weighted by atomic mass is 10.3. The highest BCUT2D eigenvalue weighted by molar-refractivity contribution is 8.02. The van der Waals surface area contributed by atoms with Crippen molar-refractivity contribution >= 4 is 57.1 Å². The Morgan fingerprint density at radius 3 is 2.69 bits per heavy atom. The van der Waals surface area contributed by atoms with Crippen molar-refractivity contribution in [3.8, 4) is 0 Å². The van der Waals surface area contributed by atoms with Gasteiger partial charge in [0.25, 0.3) is 0 Å². The lowest BCUT2D eigenvalue weighted by Gasteiger charge is -2.20. The number of amides is 1. The molecule has 0 saturated heterocycles. The number of carbonyl (C=O) groups excluding carboxylic acids is 1. The highest BCUT2D eigenvalue weighted by Gasteiger charge is 2.21. The van der Waals surface area contributed by atoms with E-state index >= 15 is 0 Å². The van der Waals surface area contributed by atoms with Crippen LogP contribution in [0, 0.1) is 0 Å². The van der Waals surface area contributed by atoms with E-state index in [0.29, 0.717) is 10.2 Å². The first kappa shape index (κ1) is 18.7. The van der Waals surface area contributed by atoms with Crippen LogP contribution in [-0.2, 0) is 4.79 Å². The Kier molecular flexibility index (Phi) is 6.13. The Morgan fingerprint density at radius 1 is 1.19 bits per heavy atom. The van der Waals surface area contributed by atoms with Gasteiger partial charge >= 0.3 is 0 Å². The molecule has 26 heavy (non-hydrogen) atoms. The topological polar surface area (TPSA) is 58.1 Å². The van der Waals surface area contributed by atoms with Crippen molar-refractivity contribution in [2.24, 2.45) is 0 Å². The molecule has 1 atom stereocenters. The second-order valence-corrected chi connectivity index (χ2v) is 8.50. The maximum Gasteiger partial charge on any atom is 0.240 e. The number of hydrogen-bond acceptors (Lipinski definition) is 6. The summed E-state index contributed by atoms with van der Waals surface area (Å²) >= 11 is 8.78. The van der Waals surface area contributed by atoms with Crippen LogP contribution in [0.5, 0.6) is 0 Å². The Morgan fingerprint density at radius 2 is 1.96 bits per heavy atom. The second-order valence-electron chi connectivity index (χ2n) is 5.50. The van der Waals surface area contributed by atoms with Gasteiger partial charge in [0, 0.05) is 23.4 Å². The Hall–Kier alpha value is -2.09. The average molecular weight is 405 g/mol. The smallest absolute Gasteiger partial charge is 0.240 e. The van der Waals surface area contributed by atoms with Crippen LogP contribution >= 0.6 is 34.7 Å². The van der Waals surface area contributed by atoms with Crippen molar-refractivity contribution in [2.75, 3.05) is 17.3 Å². The van der Waals surface area contributed by atoms with Crippen LogP contribution in [0.2, 0.25) is 5.02 Å². The van der Waals surface area contributed by atoms with Gasteiger partial charge in [-0.15, -0.1) is 10.2 Å². The molecule has 134 valence electrons. The maximum atomic E-state index is 12.6. The van der Waals surface area contributed by atoms with Gasteiger partial charge in [-0.3, -0.25) is 4.79 Å². The van der Waals surface area contributed by atoms with Crippen LogP contribution in [-0.4, -0.2) is 28.4 Å². The zero-order valence-electron chi connectivity index (χ0n) is 14.2. The van der Waals surface area contributed by atoms with Gasteiger partial charge in [-0.05, 0) is 37.3 Å². The summed E-state index contributed by atoms with van der Waals surface area (Å²) in [6, 6.07) is 17.0. The zero-order chi connectivity index (χ0) is 18.5. The van der Waals surface area contributed by atoms with Gasteiger partial charge in [0.15, 0.2) is 4.34 Å². The molecule has 3 rings (SSSR count). The predicted molar refractivity (Wildman–Crippen MR) is 110 cm³/mol. The van der Waals surface area contributed by atoms with Crippen LogP contribution < -0.4 is 10.2 Å². The largest absolute Gasteiger partial charge is 0.330 e. The van der Waals surface area contributed by atoms with Crippen LogP contribution in [0.15, 0.2) is 58.9 Å². The summed E-state index contributed by atoms with van der Waals surface area (Å²) in [5.41, 5.74) is 1.71. The van der Waals surface area contributed by atoms with Crippen molar-refractivity contribution in [1.29, 1.82) is 0 Å². The minimum Gasteiger partial charge on any atom is -0.330 e. The molecular formula is C18H17ClN4OS2. The summed E-state index contributed by atoms with van der Waals surface area (Å²) in [4.78, 5) is 14.3. The fourth-order valence-electron chi connectivity index (χ4n) is 2.25. The summed E-state index contributed by atoms with van der Waals surface area (Å²) in [6.07, 6.45) is 0. The maximum absolute atomic E-state index is 12.6. The fraction of sp³-hybridized carbons (Fsp3) is 0.167. The summed E-state index contributed by atoms with van der Waals surface area (Å²) in [5, 5.41) is 12.5. The molecule has 1 amide bonds. The van der Waals surface area contributed by atoms with Crippen molar-refractivity contribution in [1.82, 2.24) is 10.2 Å². The first-order valence-corrected chi connectivity index (χ1v) is 9.96. The lowest BCUT2D eigenvalue weighted by molar-refractivity contribution is -0.117. The highest BCUT2D eigenvalue weighted by atomic mass is 35.5. The molecule has 0 aliphatic heterocycles. The molecule has 8 heteroatoms. The number of thioether (sulfide) groups is 1. The average Bonchev–Trinajstić information content (AvgIpc) is 3.08. The molecule has 0 bridgehead atoms. The molecule has 1 heterocycles. The summed E-state index contributed by atoms with van der Waals surface area (Å²) in [7, 11) is 1.78. The van der Waals surface area contributed by atoms with E-state index in [2.05, 4.69) is 15.5 Å². The van der Waals surface area contributed by atoms with Gasteiger partial charge in [-0.1, -0.05) is 59.0 Å². The SMILES string of the molecule is C[C@@H](Sc1nnc(Nc2cccc(Cl)c2)s1)C(=O)N(C)c1ccccc1. The number of nitrogens with zero attached hydrogens (tertiary/aromatic N) is 3. The molecule has 2 aromatic carbocycles. The molecule has 0 spiro atoms. The Labute approximate surface area is 165 Å². The molecule has 0 aliphatic rings. The molecule has 5 nitrogen and oxygen atoms in total. The summed E-state index contributed by atoms with van der Waals surface area (Å²) < 4.78 is 0.733. The summed E-state index contributed by atoms with van der Waals surface area (Å²) in [6.45, 7) is 1.87. The number of nitrogens with one attached hydrogen (secondary N) is 1. The van der Waals surface area contributed by atoms with Gasteiger partial charge in [0.05, 0.1) is 5.25 Å². The number of rotatable bonds is 6. The molecule has 1 N–H and O–H groups in total. The molecule has 0 fully saturated rings. The second kappa shape index (κ2) is 8.53. The number of anilines is 3. The molecular weight excluding hydrogens is 388 g/mol. The third kappa shape index (κ3) is 4.75. The molecule has 0 unspecified atom stereocenters. The molecule has 0 saturated carbocycles. The predicted octanol–water partition coefficient (Wildman–Crippen LogP) is 5.08. The zero-order valence-corrected chi connectivity index (χ0v) is 16.6. The molecule has 1 aromatic heterocycles.